The first-order chi connectivity index (χ1) is 9.17. The molecule has 0 aromatic heterocycles. The van der Waals surface area contributed by atoms with Gasteiger partial charge >= 0.3 is 0 Å². The van der Waals surface area contributed by atoms with Crippen molar-refractivity contribution < 1.29 is 0 Å². The Morgan fingerprint density at radius 2 is 2.05 bits per heavy atom. The van der Waals surface area contributed by atoms with E-state index in [0.29, 0.717) is 0 Å². The molecule has 1 aromatic carbocycles. The Bertz CT molecular complexity index is 512. The number of halogens is 2. The first-order valence-electron chi connectivity index (χ1n) is 6.62. The molecule has 1 saturated carbocycles. The van der Waals surface area contributed by atoms with E-state index in [2.05, 4.69) is 21.2 Å². The van der Waals surface area contributed by atoms with E-state index in [1.54, 1.807) is 0 Å². The highest BCUT2D eigenvalue weighted by Crippen LogP contribution is 2.40. The predicted octanol–water partition coefficient (Wildman–Crippen LogP) is 5.32. The number of nitrogens with one attached hydrogen (secondary N) is 1. The number of amidine groups is 1. The molecule has 1 aromatic rings. The summed E-state index contributed by atoms with van der Waals surface area (Å²) in [6.07, 6.45) is 6.46. The van der Waals surface area contributed by atoms with Gasteiger partial charge in [-0.25, -0.2) is 0 Å². The highest BCUT2D eigenvalue weighted by Gasteiger charge is 2.36. The van der Waals surface area contributed by atoms with Crippen LogP contribution in [0, 0.1) is 0 Å². The van der Waals surface area contributed by atoms with E-state index in [9.17, 15) is 0 Å². The lowest BCUT2D eigenvalue weighted by Crippen LogP contribution is -2.29. The summed E-state index contributed by atoms with van der Waals surface area (Å²) in [6.45, 7) is 0. The Morgan fingerprint density at radius 3 is 2.84 bits per heavy atom. The molecule has 2 nitrogen and oxygen atoms in total. The quantitative estimate of drug-likeness (QED) is 0.734. The molecule has 1 aliphatic heterocycles. The van der Waals surface area contributed by atoms with Crippen molar-refractivity contribution in [3.05, 3.63) is 27.7 Å². The summed E-state index contributed by atoms with van der Waals surface area (Å²) in [5, 5.41) is 5.12. The lowest BCUT2D eigenvalue weighted by molar-refractivity contribution is 0.335. The Balaban J connectivity index is 1.77. The van der Waals surface area contributed by atoms with Crippen molar-refractivity contribution in [3.63, 3.8) is 0 Å². The van der Waals surface area contributed by atoms with Gasteiger partial charge in [-0.05, 0) is 31.0 Å². The van der Waals surface area contributed by atoms with Crippen LogP contribution in [0.25, 0.3) is 0 Å². The van der Waals surface area contributed by atoms with E-state index in [1.807, 2.05) is 30.0 Å². The normalized spacial score (nSPS) is 21.5. The molecule has 0 radical (unpaired) electrons. The third-order valence-corrected chi connectivity index (χ3v) is 5.74. The average molecular weight is 360 g/mol. The maximum absolute atomic E-state index is 6.20. The first kappa shape index (κ1) is 13.8. The molecule has 0 unspecified atom stereocenters. The maximum Gasteiger partial charge on any atom is 0.161 e. The minimum atomic E-state index is 0.198. The molecule has 2 aliphatic rings. The van der Waals surface area contributed by atoms with E-state index in [0.717, 1.165) is 26.1 Å². The molecule has 19 heavy (non-hydrogen) atoms. The Hall–Kier alpha value is -0.190. The van der Waals surface area contributed by atoms with Crippen molar-refractivity contribution >= 4 is 50.1 Å². The van der Waals surface area contributed by atoms with Crippen LogP contribution in [0.2, 0.25) is 5.02 Å². The minimum absolute atomic E-state index is 0.198. The van der Waals surface area contributed by atoms with Gasteiger partial charge in [0.05, 0.1) is 16.2 Å². The zero-order chi connectivity index (χ0) is 13.3. The molecule has 0 saturated heterocycles. The second kappa shape index (κ2) is 5.66. The summed E-state index contributed by atoms with van der Waals surface area (Å²) < 4.78 is 1.02. The number of hydrogen-bond acceptors (Lipinski definition) is 3. The molecule has 0 bridgehead atoms. The van der Waals surface area contributed by atoms with Crippen LogP contribution in [0.4, 0.5) is 5.69 Å². The van der Waals surface area contributed by atoms with Crippen LogP contribution < -0.4 is 5.32 Å². The van der Waals surface area contributed by atoms with Gasteiger partial charge in [0, 0.05) is 10.2 Å². The molecule has 1 aliphatic carbocycles. The zero-order valence-corrected chi connectivity index (χ0v) is 13.7. The second-order valence-electron chi connectivity index (χ2n) is 5.24. The number of benzene rings is 1. The smallest absolute Gasteiger partial charge is 0.161 e. The van der Waals surface area contributed by atoms with Crippen LogP contribution in [-0.4, -0.2) is 16.5 Å². The van der Waals surface area contributed by atoms with Crippen molar-refractivity contribution in [1.29, 1.82) is 0 Å². The van der Waals surface area contributed by atoms with Crippen LogP contribution in [0.1, 0.15) is 32.1 Å². The summed E-state index contributed by atoms with van der Waals surface area (Å²) in [5.41, 5.74) is 1.12. The zero-order valence-electron chi connectivity index (χ0n) is 10.6. The molecular weight excluding hydrogens is 344 g/mol. The Labute approximate surface area is 131 Å². The van der Waals surface area contributed by atoms with Gasteiger partial charge in [-0.1, -0.05) is 58.6 Å². The number of thioether (sulfide) groups is 1. The second-order valence-corrected chi connectivity index (χ2v) is 7.53. The molecule has 1 heterocycles. The summed E-state index contributed by atoms with van der Waals surface area (Å²) in [4.78, 5) is 4.94. The summed E-state index contributed by atoms with van der Waals surface area (Å²) in [7, 11) is 0. The SMILES string of the molecule is Clc1ccc(Br)cc1NC1=NC2(CCCCC2)CS1. The molecule has 5 heteroatoms. The van der Waals surface area contributed by atoms with Gasteiger partial charge in [-0.15, -0.1) is 0 Å². The summed E-state index contributed by atoms with van der Waals surface area (Å²) in [6, 6.07) is 5.83. The van der Waals surface area contributed by atoms with Gasteiger partial charge in [0.2, 0.25) is 0 Å². The maximum atomic E-state index is 6.20. The molecular formula is C14H16BrClN2S. The highest BCUT2D eigenvalue weighted by molar-refractivity contribution is 9.10. The number of aliphatic imine (C=N–C) groups is 1. The van der Waals surface area contributed by atoms with E-state index < -0.39 is 0 Å². The van der Waals surface area contributed by atoms with Gasteiger partial charge in [0.15, 0.2) is 5.17 Å². The average Bonchev–Trinajstić information content (AvgIpc) is 2.78. The monoisotopic (exact) mass is 358 g/mol. The molecule has 1 spiro atoms. The number of nitrogens with zero attached hydrogens (tertiary/aromatic N) is 1. The van der Waals surface area contributed by atoms with E-state index >= 15 is 0 Å². The fourth-order valence-electron chi connectivity index (χ4n) is 2.72. The van der Waals surface area contributed by atoms with Gasteiger partial charge in [0.25, 0.3) is 0 Å². The standard InChI is InChI=1S/C14H16BrClN2S/c15-10-4-5-11(16)12(8-10)17-13-18-14(9-19-13)6-2-1-3-7-14/h4-5,8H,1-3,6-7,9H2,(H,17,18). The van der Waals surface area contributed by atoms with Crippen LogP contribution in [0.5, 0.6) is 0 Å². The number of anilines is 1. The van der Waals surface area contributed by atoms with Crippen LogP contribution in [0.15, 0.2) is 27.7 Å². The van der Waals surface area contributed by atoms with Crippen LogP contribution >= 0.6 is 39.3 Å². The van der Waals surface area contributed by atoms with E-state index in [4.69, 9.17) is 16.6 Å². The van der Waals surface area contributed by atoms with E-state index in [-0.39, 0.29) is 5.54 Å². The van der Waals surface area contributed by atoms with Crippen molar-refractivity contribution in [2.75, 3.05) is 11.1 Å². The molecule has 3 rings (SSSR count). The molecule has 1 fully saturated rings. The van der Waals surface area contributed by atoms with Gasteiger partial charge in [-0.2, -0.15) is 0 Å². The minimum Gasteiger partial charge on any atom is -0.334 e. The van der Waals surface area contributed by atoms with Gasteiger partial charge in [0.1, 0.15) is 0 Å². The van der Waals surface area contributed by atoms with Gasteiger partial charge in [-0.3, -0.25) is 4.99 Å². The van der Waals surface area contributed by atoms with E-state index in [1.165, 1.54) is 32.1 Å². The predicted molar refractivity (Wildman–Crippen MR) is 88.5 cm³/mol. The first-order valence-corrected chi connectivity index (χ1v) is 8.77. The largest absolute Gasteiger partial charge is 0.334 e. The lowest BCUT2D eigenvalue weighted by Gasteiger charge is -2.29. The van der Waals surface area contributed by atoms with Crippen molar-refractivity contribution in [2.45, 2.75) is 37.6 Å². The third kappa shape index (κ3) is 3.11. The molecule has 1 N–H and O–H groups in total. The fraction of sp³-hybridized carbons (Fsp3) is 0.500. The molecule has 0 amide bonds. The topological polar surface area (TPSA) is 24.4 Å². The van der Waals surface area contributed by atoms with Crippen LogP contribution in [-0.2, 0) is 0 Å². The molecule has 102 valence electrons. The number of hydrogen-bond donors (Lipinski definition) is 1. The Kier molecular flexibility index (Phi) is 4.11. The fourth-order valence-corrected chi connectivity index (χ4v) is 4.45. The Morgan fingerprint density at radius 1 is 1.26 bits per heavy atom. The molecule has 0 atom stereocenters. The number of rotatable bonds is 1. The van der Waals surface area contributed by atoms with Crippen molar-refractivity contribution in [1.82, 2.24) is 0 Å². The lowest BCUT2D eigenvalue weighted by atomic mass is 9.84. The summed E-state index contributed by atoms with van der Waals surface area (Å²) >= 11 is 11.5. The van der Waals surface area contributed by atoms with Crippen molar-refractivity contribution in [2.24, 2.45) is 4.99 Å². The van der Waals surface area contributed by atoms with Crippen LogP contribution in [0.3, 0.4) is 0 Å². The van der Waals surface area contributed by atoms with Gasteiger partial charge < -0.3 is 5.32 Å². The third-order valence-electron chi connectivity index (χ3n) is 3.77. The van der Waals surface area contributed by atoms with Crippen molar-refractivity contribution in [3.8, 4) is 0 Å². The highest BCUT2D eigenvalue weighted by atomic mass is 79.9. The summed E-state index contributed by atoms with van der Waals surface area (Å²) in [5.74, 6) is 1.11.